The molecule has 8 heteroatoms. The Morgan fingerprint density at radius 3 is 2.20 bits per heavy atom. The summed E-state index contributed by atoms with van der Waals surface area (Å²) in [5.41, 5.74) is 8.05. The highest BCUT2D eigenvalue weighted by Crippen LogP contribution is 1.91. The van der Waals surface area contributed by atoms with Gasteiger partial charge in [-0.05, 0) is 5.53 Å². The SMILES string of the molecule is [N-]=[N+]=NCCOCCOCCOCCN1CCNCC1. The topological polar surface area (TPSA) is 91.7 Å². The molecule has 1 fully saturated rings. The number of azide groups is 1. The Balaban J connectivity index is 1.73. The van der Waals surface area contributed by atoms with E-state index in [4.69, 9.17) is 19.7 Å². The first kappa shape index (κ1) is 17.2. The van der Waals surface area contributed by atoms with Gasteiger partial charge in [0.25, 0.3) is 0 Å². The molecule has 0 radical (unpaired) electrons. The van der Waals surface area contributed by atoms with Crippen molar-refractivity contribution < 1.29 is 14.2 Å². The monoisotopic (exact) mass is 287 g/mol. The highest BCUT2D eigenvalue weighted by molar-refractivity contribution is 4.66. The van der Waals surface area contributed by atoms with Gasteiger partial charge in [0.2, 0.25) is 0 Å². The Morgan fingerprint density at radius 2 is 1.55 bits per heavy atom. The van der Waals surface area contributed by atoms with Crippen LogP contribution in [0.5, 0.6) is 0 Å². The Bertz CT molecular complexity index is 268. The molecule has 0 aromatic heterocycles. The zero-order valence-electron chi connectivity index (χ0n) is 12.0. The van der Waals surface area contributed by atoms with E-state index in [-0.39, 0.29) is 0 Å². The molecule has 0 aromatic carbocycles. The summed E-state index contributed by atoms with van der Waals surface area (Å²) in [5, 5.41) is 6.69. The van der Waals surface area contributed by atoms with E-state index in [1.807, 2.05) is 0 Å². The van der Waals surface area contributed by atoms with Crippen LogP contribution in [0.3, 0.4) is 0 Å². The first-order valence-corrected chi connectivity index (χ1v) is 7.10. The average molecular weight is 287 g/mol. The fourth-order valence-corrected chi connectivity index (χ4v) is 1.82. The molecule has 1 N–H and O–H groups in total. The number of hydrogen-bond donors (Lipinski definition) is 1. The van der Waals surface area contributed by atoms with Crippen molar-refractivity contribution in [3.05, 3.63) is 10.4 Å². The van der Waals surface area contributed by atoms with E-state index in [0.717, 1.165) is 39.3 Å². The molecule has 20 heavy (non-hydrogen) atoms. The van der Waals surface area contributed by atoms with Gasteiger partial charge in [-0.15, -0.1) is 0 Å². The summed E-state index contributed by atoms with van der Waals surface area (Å²) in [6.45, 7) is 9.16. The number of nitrogens with one attached hydrogen (secondary N) is 1. The lowest BCUT2D eigenvalue weighted by Crippen LogP contribution is -2.44. The Hall–Kier alpha value is -0.890. The highest BCUT2D eigenvalue weighted by atomic mass is 16.5. The predicted octanol–water partition coefficient (Wildman–Crippen LogP) is 0.252. The minimum atomic E-state index is 0.367. The number of piperazine rings is 1. The first-order valence-electron chi connectivity index (χ1n) is 7.10. The lowest BCUT2D eigenvalue weighted by Gasteiger charge is -2.26. The molecule has 0 saturated carbocycles. The number of hydrogen-bond acceptors (Lipinski definition) is 6. The van der Waals surface area contributed by atoms with Crippen molar-refractivity contribution >= 4 is 0 Å². The van der Waals surface area contributed by atoms with Crippen LogP contribution in [-0.4, -0.2) is 83.8 Å². The molecule has 0 atom stereocenters. The highest BCUT2D eigenvalue weighted by Gasteiger charge is 2.08. The van der Waals surface area contributed by atoms with Gasteiger partial charge in [-0.3, -0.25) is 4.90 Å². The van der Waals surface area contributed by atoms with Crippen LogP contribution < -0.4 is 5.32 Å². The molecule has 1 rings (SSSR count). The second-order valence-electron chi connectivity index (χ2n) is 4.38. The third-order valence-electron chi connectivity index (χ3n) is 2.90. The maximum Gasteiger partial charge on any atom is 0.0701 e. The molecule has 1 aliphatic rings. The summed E-state index contributed by atoms with van der Waals surface area (Å²) in [7, 11) is 0. The van der Waals surface area contributed by atoms with Crippen molar-refractivity contribution in [1.82, 2.24) is 10.2 Å². The van der Waals surface area contributed by atoms with Crippen LogP contribution in [0.2, 0.25) is 0 Å². The lowest BCUT2D eigenvalue weighted by atomic mass is 10.4. The van der Waals surface area contributed by atoms with Crippen molar-refractivity contribution in [2.75, 3.05) is 78.9 Å². The number of rotatable bonds is 12. The average Bonchev–Trinajstić information content (AvgIpc) is 2.49. The molecular weight excluding hydrogens is 262 g/mol. The molecule has 0 spiro atoms. The zero-order chi connectivity index (χ0) is 14.3. The van der Waals surface area contributed by atoms with Crippen LogP contribution in [0.25, 0.3) is 10.4 Å². The third kappa shape index (κ3) is 9.96. The first-order chi connectivity index (χ1) is 9.93. The molecule has 1 aliphatic heterocycles. The number of nitrogens with zero attached hydrogens (tertiary/aromatic N) is 4. The van der Waals surface area contributed by atoms with Crippen LogP contribution in [0, 0.1) is 0 Å². The van der Waals surface area contributed by atoms with E-state index < -0.39 is 0 Å². The smallest absolute Gasteiger partial charge is 0.0701 e. The second-order valence-corrected chi connectivity index (χ2v) is 4.38. The van der Waals surface area contributed by atoms with Crippen molar-refractivity contribution in [1.29, 1.82) is 0 Å². The largest absolute Gasteiger partial charge is 0.379 e. The summed E-state index contributed by atoms with van der Waals surface area (Å²) >= 11 is 0. The van der Waals surface area contributed by atoms with Gasteiger partial charge in [0.05, 0.1) is 39.6 Å². The molecule has 1 saturated heterocycles. The molecule has 1 heterocycles. The van der Waals surface area contributed by atoms with Gasteiger partial charge in [-0.1, -0.05) is 5.11 Å². The molecule has 0 amide bonds. The fraction of sp³-hybridized carbons (Fsp3) is 1.00. The minimum Gasteiger partial charge on any atom is -0.379 e. The fourth-order valence-electron chi connectivity index (χ4n) is 1.82. The predicted molar refractivity (Wildman–Crippen MR) is 75.8 cm³/mol. The van der Waals surface area contributed by atoms with Crippen molar-refractivity contribution in [3.8, 4) is 0 Å². The number of ether oxygens (including phenoxy) is 3. The van der Waals surface area contributed by atoms with E-state index in [1.165, 1.54) is 0 Å². The zero-order valence-corrected chi connectivity index (χ0v) is 12.0. The van der Waals surface area contributed by atoms with Gasteiger partial charge in [0, 0.05) is 44.2 Å². The summed E-state index contributed by atoms with van der Waals surface area (Å²) in [6.07, 6.45) is 0. The van der Waals surface area contributed by atoms with E-state index >= 15 is 0 Å². The Morgan fingerprint density at radius 1 is 0.950 bits per heavy atom. The normalized spacial score (nSPS) is 16.0. The van der Waals surface area contributed by atoms with E-state index in [1.54, 1.807) is 0 Å². The van der Waals surface area contributed by atoms with E-state index in [9.17, 15) is 0 Å². The quantitative estimate of drug-likeness (QED) is 0.240. The summed E-state index contributed by atoms with van der Waals surface area (Å²) in [6, 6.07) is 0. The third-order valence-corrected chi connectivity index (χ3v) is 2.90. The van der Waals surface area contributed by atoms with Crippen LogP contribution in [0.4, 0.5) is 0 Å². The van der Waals surface area contributed by atoms with Crippen LogP contribution in [0.1, 0.15) is 0 Å². The van der Waals surface area contributed by atoms with Crippen LogP contribution >= 0.6 is 0 Å². The van der Waals surface area contributed by atoms with Crippen LogP contribution in [-0.2, 0) is 14.2 Å². The van der Waals surface area contributed by atoms with Gasteiger partial charge < -0.3 is 19.5 Å². The van der Waals surface area contributed by atoms with Gasteiger partial charge in [0.15, 0.2) is 0 Å². The molecule has 0 aromatic rings. The van der Waals surface area contributed by atoms with Gasteiger partial charge >= 0.3 is 0 Å². The summed E-state index contributed by atoms with van der Waals surface area (Å²) in [5.74, 6) is 0. The van der Waals surface area contributed by atoms with Gasteiger partial charge in [-0.25, -0.2) is 0 Å². The molecule has 116 valence electrons. The molecule has 8 nitrogen and oxygen atoms in total. The molecule has 0 aliphatic carbocycles. The maximum atomic E-state index is 8.05. The van der Waals surface area contributed by atoms with Gasteiger partial charge in [-0.2, -0.15) is 0 Å². The Kier molecular flexibility index (Phi) is 11.2. The summed E-state index contributed by atoms with van der Waals surface area (Å²) < 4.78 is 16.1. The Labute approximate surface area is 120 Å². The van der Waals surface area contributed by atoms with Crippen molar-refractivity contribution in [3.63, 3.8) is 0 Å². The summed E-state index contributed by atoms with van der Waals surface area (Å²) in [4.78, 5) is 5.03. The maximum absolute atomic E-state index is 8.05. The lowest BCUT2D eigenvalue weighted by molar-refractivity contribution is 0.0113. The van der Waals surface area contributed by atoms with E-state index in [0.29, 0.717) is 39.6 Å². The van der Waals surface area contributed by atoms with Crippen molar-refractivity contribution in [2.45, 2.75) is 0 Å². The van der Waals surface area contributed by atoms with Crippen molar-refractivity contribution in [2.24, 2.45) is 5.11 Å². The standard InChI is InChI=1S/C12H25N5O3/c13-16-15-3-7-18-9-11-20-12-10-19-8-6-17-4-1-14-2-5-17/h14H,1-12H2. The van der Waals surface area contributed by atoms with Crippen LogP contribution in [0.15, 0.2) is 5.11 Å². The molecular formula is C12H25N5O3. The molecule has 0 bridgehead atoms. The van der Waals surface area contributed by atoms with Gasteiger partial charge in [0.1, 0.15) is 0 Å². The second kappa shape index (κ2) is 13.1. The molecule has 0 unspecified atom stereocenters. The minimum absolute atomic E-state index is 0.367. The van der Waals surface area contributed by atoms with E-state index in [2.05, 4.69) is 20.2 Å².